The fraction of sp³-hybridized carbons (Fsp3) is 0.455. The maximum Gasteiger partial charge on any atom is 0.123 e. The minimum atomic E-state index is -0.121. The maximum absolute atomic E-state index is 12.9. The zero-order chi connectivity index (χ0) is 9.42. The Balaban J connectivity index is 2.25. The van der Waals surface area contributed by atoms with Gasteiger partial charge in [0.2, 0.25) is 0 Å². The normalized spacial score (nSPS) is 16.6. The Kier molecular flexibility index (Phi) is 2.08. The molecule has 1 aromatic carbocycles. The van der Waals surface area contributed by atoms with Gasteiger partial charge in [-0.05, 0) is 37.1 Å². The van der Waals surface area contributed by atoms with E-state index in [9.17, 15) is 4.39 Å². The molecule has 0 amide bonds. The SMILES string of the molecule is CC(C)N1Cc2ccc(F)cc2C1. The highest BCUT2D eigenvalue weighted by atomic mass is 19.1. The molecule has 70 valence electrons. The zero-order valence-electron chi connectivity index (χ0n) is 8.05. The minimum Gasteiger partial charge on any atom is -0.292 e. The summed E-state index contributed by atoms with van der Waals surface area (Å²) in [5.74, 6) is -0.121. The van der Waals surface area contributed by atoms with Crippen LogP contribution in [0.3, 0.4) is 0 Å². The first kappa shape index (κ1) is 8.70. The van der Waals surface area contributed by atoms with Gasteiger partial charge in [-0.15, -0.1) is 0 Å². The number of benzene rings is 1. The third kappa shape index (κ3) is 1.59. The van der Waals surface area contributed by atoms with Crippen molar-refractivity contribution in [3.05, 3.63) is 35.1 Å². The summed E-state index contributed by atoms with van der Waals surface area (Å²) in [6, 6.07) is 5.63. The van der Waals surface area contributed by atoms with Crippen molar-refractivity contribution in [1.29, 1.82) is 0 Å². The lowest BCUT2D eigenvalue weighted by Gasteiger charge is -2.18. The molecule has 0 aromatic heterocycles. The van der Waals surface area contributed by atoms with E-state index in [0.717, 1.165) is 18.7 Å². The van der Waals surface area contributed by atoms with Gasteiger partial charge in [-0.3, -0.25) is 4.90 Å². The molecule has 2 heteroatoms. The molecule has 0 saturated heterocycles. The van der Waals surface area contributed by atoms with E-state index in [4.69, 9.17) is 0 Å². The van der Waals surface area contributed by atoms with E-state index in [2.05, 4.69) is 18.7 Å². The van der Waals surface area contributed by atoms with E-state index in [0.29, 0.717) is 6.04 Å². The van der Waals surface area contributed by atoms with Crippen LogP contribution in [0.25, 0.3) is 0 Å². The van der Waals surface area contributed by atoms with Crippen LogP contribution < -0.4 is 0 Å². The highest BCUT2D eigenvalue weighted by molar-refractivity contribution is 5.31. The van der Waals surface area contributed by atoms with Crippen LogP contribution in [0.1, 0.15) is 25.0 Å². The molecular formula is C11H14FN. The molecule has 13 heavy (non-hydrogen) atoms. The van der Waals surface area contributed by atoms with E-state index in [1.54, 1.807) is 12.1 Å². The topological polar surface area (TPSA) is 3.24 Å². The van der Waals surface area contributed by atoms with Gasteiger partial charge in [-0.1, -0.05) is 6.07 Å². The lowest BCUT2D eigenvalue weighted by atomic mass is 10.1. The van der Waals surface area contributed by atoms with Gasteiger partial charge in [-0.25, -0.2) is 4.39 Å². The standard InChI is InChI=1S/C11H14FN/c1-8(2)13-6-9-3-4-11(12)5-10(9)7-13/h3-5,8H,6-7H2,1-2H3. The first-order chi connectivity index (χ1) is 6.16. The molecule has 1 nitrogen and oxygen atoms in total. The Morgan fingerprint density at radius 3 is 2.62 bits per heavy atom. The molecule has 1 heterocycles. The van der Waals surface area contributed by atoms with Crippen molar-refractivity contribution in [2.45, 2.75) is 33.0 Å². The summed E-state index contributed by atoms with van der Waals surface area (Å²) in [6.45, 7) is 6.20. The van der Waals surface area contributed by atoms with Gasteiger partial charge in [0, 0.05) is 19.1 Å². The fourth-order valence-electron chi connectivity index (χ4n) is 1.75. The highest BCUT2D eigenvalue weighted by Gasteiger charge is 2.20. The van der Waals surface area contributed by atoms with Crippen molar-refractivity contribution in [3.8, 4) is 0 Å². The predicted molar refractivity (Wildman–Crippen MR) is 50.8 cm³/mol. The van der Waals surface area contributed by atoms with E-state index in [1.807, 2.05) is 6.07 Å². The van der Waals surface area contributed by atoms with E-state index < -0.39 is 0 Å². The minimum absolute atomic E-state index is 0.121. The van der Waals surface area contributed by atoms with Crippen LogP contribution in [0, 0.1) is 5.82 Å². The lowest BCUT2D eigenvalue weighted by molar-refractivity contribution is 0.227. The van der Waals surface area contributed by atoms with Crippen molar-refractivity contribution in [3.63, 3.8) is 0 Å². The Labute approximate surface area is 78.2 Å². The lowest BCUT2D eigenvalue weighted by Crippen LogP contribution is -2.24. The molecule has 1 aromatic rings. The molecule has 0 bridgehead atoms. The van der Waals surface area contributed by atoms with Crippen molar-refractivity contribution < 1.29 is 4.39 Å². The van der Waals surface area contributed by atoms with Crippen LogP contribution in [0.15, 0.2) is 18.2 Å². The summed E-state index contributed by atoms with van der Waals surface area (Å²) >= 11 is 0. The van der Waals surface area contributed by atoms with Crippen LogP contribution in [0.5, 0.6) is 0 Å². The van der Waals surface area contributed by atoms with Crippen LogP contribution in [0.2, 0.25) is 0 Å². The quantitative estimate of drug-likeness (QED) is 0.640. The van der Waals surface area contributed by atoms with Crippen molar-refractivity contribution in [1.82, 2.24) is 4.90 Å². The molecule has 0 atom stereocenters. The molecule has 0 saturated carbocycles. The number of rotatable bonds is 1. The Morgan fingerprint density at radius 2 is 1.92 bits per heavy atom. The third-order valence-corrected chi connectivity index (χ3v) is 2.65. The van der Waals surface area contributed by atoms with Gasteiger partial charge in [0.25, 0.3) is 0 Å². The van der Waals surface area contributed by atoms with Crippen molar-refractivity contribution in [2.24, 2.45) is 0 Å². The average molecular weight is 179 g/mol. The molecule has 0 fully saturated rings. The Bertz CT molecular complexity index is 320. The molecular weight excluding hydrogens is 165 g/mol. The van der Waals surface area contributed by atoms with Gasteiger partial charge in [0.1, 0.15) is 5.82 Å². The molecule has 1 aliphatic rings. The molecule has 2 rings (SSSR count). The summed E-state index contributed by atoms with van der Waals surface area (Å²) in [7, 11) is 0. The highest BCUT2D eigenvalue weighted by Crippen LogP contribution is 2.24. The molecule has 1 aliphatic heterocycles. The van der Waals surface area contributed by atoms with Gasteiger partial charge in [0.05, 0.1) is 0 Å². The number of nitrogens with zero attached hydrogens (tertiary/aromatic N) is 1. The summed E-state index contributed by atoms with van der Waals surface area (Å²) in [4.78, 5) is 2.34. The number of hydrogen-bond donors (Lipinski definition) is 0. The third-order valence-electron chi connectivity index (χ3n) is 2.65. The summed E-state index contributed by atoms with van der Waals surface area (Å²) in [5.41, 5.74) is 2.42. The zero-order valence-corrected chi connectivity index (χ0v) is 8.05. The summed E-state index contributed by atoms with van der Waals surface area (Å²) in [6.07, 6.45) is 0. The Morgan fingerprint density at radius 1 is 1.23 bits per heavy atom. The average Bonchev–Trinajstić information content (AvgIpc) is 2.46. The van der Waals surface area contributed by atoms with Crippen LogP contribution in [-0.2, 0) is 13.1 Å². The molecule has 0 spiro atoms. The molecule has 0 radical (unpaired) electrons. The number of hydrogen-bond acceptors (Lipinski definition) is 1. The van der Waals surface area contributed by atoms with Crippen molar-refractivity contribution in [2.75, 3.05) is 0 Å². The summed E-state index contributed by atoms with van der Waals surface area (Å²) in [5, 5.41) is 0. The second-order valence-electron chi connectivity index (χ2n) is 3.91. The van der Waals surface area contributed by atoms with Crippen LogP contribution in [-0.4, -0.2) is 10.9 Å². The number of halogens is 1. The van der Waals surface area contributed by atoms with Gasteiger partial charge in [-0.2, -0.15) is 0 Å². The molecule has 0 aliphatic carbocycles. The van der Waals surface area contributed by atoms with Gasteiger partial charge < -0.3 is 0 Å². The number of fused-ring (bicyclic) bond motifs is 1. The first-order valence-corrected chi connectivity index (χ1v) is 4.68. The monoisotopic (exact) mass is 179 g/mol. The molecule has 0 unspecified atom stereocenters. The van der Waals surface area contributed by atoms with E-state index >= 15 is 0 Å². The Hall–Kier alpha value is -0.890. The second-order valence-corrected chi connectivity index (χ2v) is 3.91. The maximum atomic E-state index is 12.9. The van der Waals surface area contributed by atoms with E-state index in [-0.39, 0.29) is 5.82 Å². The predicted octanol–water partition coefficient (Wildman–Crippen LogP) is 2.55. The largest absolute Gasteiger partial charge is 0.292 e. The fourth-order valence-corrected chi connectivity index (χ4v) is 1.75. The first-order valence-electron chi connectivity index (χ1n) is 4.68. The second kappa shape index (κ2) is 3.11. The van der Waals surface area contributed by atoms with Gasteiger partial charge >= 0.3 is 0 Å². The van der Waals surface area contributed by atoms with Gasteiger partial charge in [0.15, 0.2) is 0 Å². The smallest absolute Gasteiger partial charge is 0.123 e. The van der Waals surface area contributed by atoms with Crippen molar-refractivity contribution >= 4 is 0 Å². The van der Waals surface area contributed by atoms with Crippen LogP contribution >= 0.6 is 0 Å². The van der Waals surface area contributed by atoms with Crippen LogP contribution in [0.4, 0.5) is 4.39 Å². The van der Waals surface area contributed by atoms with E-state index in [1.165, 1.54) is 5.56 Å². The molecule has 0 N–H and O–H groups in total. The summed E-state index contributed by atoms with van der Waals surface area (Å²) < 4.78 is 12.9.